The zero-order chi connectivity index (χ0) is 27.2. The summed E-state index contributed by atoms with van der Waals surface area (Å²) in [5, 5.41) is 16.6. The van der Waals surface area contributed by atoms with Crippen molar-refractivity contribution in [3.8, 4) is 0 Å². The first-order valence-corrected chi connectivity index (χ1v) is 14.4. The fourth-order valence-electron chi connectivity index (χ4n) is 6.98. The maximum Gasteiger partial charge on any atom is 0.246 e. The number of ether oxygens (including phenoxy) is 1. The SMILES string of the molecule is CCCNC(=O)[C@H]1[C@H]2C(=O)N([C@@H](CO)[C@@H](C)CC)C(C(=O)NC(C)(C)CC(C)(C)C)C23CC(Br)[C@@H]1O3. The minimum atomic E-state index is -1.12. The highest BCUT2D eigenvalue weighted by molar-refractivity contribution is 9.09. The minimum Gasteiger partial charge on any atom is -0.394 e. The lowest BCUT2D eigenvalue weighted by Gasteiger charge is -2.41. The number of amides is 3. The molecular weight excluding hydrogens is 526 g/mol. The monoisotopic (exact) mass is 571 g/mol. The summed E-state index contributed by atoms with van der Waals surface area (Å²) in [5.74, 6) is -2.21. The standard InChI is InChI=1S/C27H46BrN3O5/c1-9-11-29-22(33)18-19-24(35)31(17(13-32)15(3)10-2)21(27(19)12-16(28)20(18)36-27)23(34)30-26(7,8)14-25(4,5)6/h15-21,32H,9-14H2,1-8H3,(H,29,33)(H,30,34)/t15-,16?,17-,18-,19-,20-,21?,27?/m0/s1. The second-order valence-corrected chi connectivity index (χ2v) is 14.1. The molecule has 206 valence electrons. The van der Waals surface area contributed by atoms with Gasteiger partial charge < -0.3 is 25.4 Å². The summed E-state index contributed by atoms with van der Waals surface area (Å²) >= 11 is 3.70. The van der Waals surface area contributed by atoms with Crippen molar-refractivity contribution in [1.29, 1.82) is 0 Å². The second kappa shape index (κ2) is 10.5. The van der Waals surface area contributed by atoms with Gasteiger partial charge in [-0.15, -0.1) is 0 Å². The fourth-order valence-corrected chi connectivity index (χ4v) is 7.92. The fraction of sp³-hybridized carbons (Fsp3) is 0.889. The van der Waals surface area contributed by atoms with Crippen LogP contribution < -0.4 is 10.6 Å². The molecule has 0 aliphatic carbocycles. The summed E-state index contributed by atoms with van der Waals surface area (Å²) in [7, 11) is 0. The van der Waals surface area contributed by atoms with E-state index in [2.05, 4.69) is 47.3 Å². The average molecular weight is 573 g/mol. The van der Waals surface area contributed by atoms with E-state index in [1.54, 1.807) is 4.90 Å². The smallest absolute Gasteiger partial charge is 0.246 e. The molecule has 9 heteroatoms. The Labute approximate surface area is 224 Å². The Kier molecular flexibility index (Phi) is 8.58. The normalized spacial score (nSPS) is 33.4. The molecule has 36 heavy (non-hydrogen) atoms. The molecule has 3 N–H and O–H groups in total. The van der Waals surface area contributed by atoms with Gasteiger partial charge in [0.2, 0.25) is 17.7 Å². The van der Waals surface area contributed by atoms with Crippen LogP contribution in [0.25, 0.3) is 0 Å². The van der Waals surface area contributed by atoms with Crippen molar-refractivity contribution in [1.82, 2.24) is 15.5 Å². The van der Waals surface area contributed by atoms with Crippen LogP contribution >= 0.6 is 15.9 Å². The Morgan fingerprint density at radius 3 is 2.39 bits per heavy atom. The average Bonchev–Trinajstić information content (AvgIpc) is 3.34. The predicted molar refractivity (Wildman–Crippen MR) is 142 cm³/mol. The maximum absolute atomic E-state index is 14.2. The Bertz CT molecular complexity index is 859. The first-order chi connectivity index (χ1) is 16.6. The summed E-state index contributed by atoms with van der Waals surface area (Å²) < 4.78 is 6.56. The van der Waals surface area contributed by atoms with Gasteiger partial charge in [0.25, 0.3) is 0 Å². The summed E-state index contributed by atoms with van der Waals surface area (Å²) in [6, 6.07) is -1.46. The summed E-state index contributed by atoms with van der Waals surface area (Å²) in [6.07, 6.45) is 2.24. The minimum absolute atomic E-state index is 0.0150. The van der Waals surface area contributed by atoms with E-state index in [4.69, 9.17) is 4.74 Å². The van der Waals surface area contributed by atoms with Gasteiger partial charge in [-0.3, -0.25) is 14.4 Å². The topological polar surface area (TPSA) is 108 Å². The van der Waals surface area contributed by atoms with E-state index in [0.717, 1.165) is 19.3 Å². The molecule has 3 amide bonds. The molecule has 3 saturated heterocycles. The molecule has 8 atom stereocenters. The van der Waals surface area contributed by atoms with Gasteiger partial charge in [-0.05, 0) is 44.4 Å². The molecule has 8 nitrogen and oxygen atoms in total. The maximum atomic E-state index is 14.2. The van der Waals surface area contributed by atoms with Crippen LogP contribution in [-0.4, -0.2) is 75.0 Å². The van der Waals surface area contributed by atoms with Crippen molar-refractivity contribution in [2.45, 2.75) is 115 Å². The van der Waals surface area contributed by atoms with E-state index in [0.29, 0.717) is 13.0 Å². The Balaban J connectivity index is 2.07. The number of nitrogens with one attached hydrogen (secondary N) is 2. The molecule has 1 spiro atoms. The first kappa shape index (κ1) is 29.4. The van der Waals surface area contributed by atoms with Crippen LogP contribution in [0.3, 0.4) is 0 Å². The largest absolute Gasteiger partial charge is 0.394 e. The molecule has 0 saturated carbocycles. The Morgan fingerprint density at radius 2 is 1.86 bits per heavy atom. The summed E-state index contributed by atoms with van der Waals surface area (Å²) in [4.78, 5) is 43.0. The van der Waals surface area contributed by atoms with E-state index >= 15 is 0 Å². The van der Waals surface area contributed by atoms with E-state index in [9.17, 15) is 19.5 Å². The number of halogens is 1. The van der Waals surface area contributed by atoms with E-state index in [1.165, 1.54) is 0 Å². The van der Waals surface area contributed by atoms with E-state index < -0.39 is 41.2 Å². The van der Waals surface area contributed by atoms with Gasteiger partial charge in [0.15, 0.2) is 0 Å². The number of nitrogens with zero attached hydrogens (tertiary/aromatic N) is 1. The van der Waals surface area contributed by atoms with Crippen molar-refractivity contribution in [3.05, 3.63) is 0 Å². The molecule has 3 heterocycles. The highest BCUT2D eigenvalue weighted by atomic mass is 79.9. The number of fused-ring (bicyclic) bond motifs is 1. The van der Waals surface area contributed by atoms with E-state index in [-0.39, 0.29) is 40.5 Å². The lowest BCUT2D eigenvalue weighted by Crippen LogP contribution is -2.62. The lowest BCUT2D eigenvalue weighted by atomic mass is 9.70. The van der Waals surface area contributed by atoms with Crippen LogP contribution in [0.15, 0.2) is 0 Å². The van der Waals surface area contributed by atoms with Crippen molar-refractivity contribution in [3.63, 3.8) is 0 Å². The molecule has 3 aliphatic rings. The quantitative estimate of drug-likeness (QED) is 0.349. The molecule has 3 fully saturated rings. The van der Waals surface area contributed by atoms with Gasteiger partial charge in [-0.2, -0.15) is 0 Å². The van der Waals surface area contributed by atoms with Crippen LogP contribution in [0.4, 0.5) is 0 Å². The van der Waals surface area contributed by atoms with Crippen LogP contribution in [-0.2, 0) is 19.1 Å². The highest BCUT2D eigenvalue weighted by Crippen LogP contribution is 2.60. The van der Waals surface area contributed by atoms with Gasteiger partial charge in [-0.1, -0.05) is 63.9 Å². The zero-order valence-corrected chi connectivity index (χ0v) is 24.8. The van der Waals surface area contributed by atoms with Crippen LogP contribution in [0.2, 0.25) is 0 Å². The third kappa shape index (κ3) is 5.21. The third-order valence-corrected chi connectivity index (χ3v) is 8.95. The van der Waals surface area contributed by atoms with Gasteiger partial charge in [0, 0.05) is 16.9 Å². The van der Waals surface area contributed by atoms with Gasteiger partial charge in [0.1, 0.15) is 11.6 Å². The van der Waals surface area contributed by atoms with Gasteiger partial charge >= 0.3 is 0 Å². The van der Waals surface area contributed by atoms with Crippen molar-refractivity contribution in [2.24, 2.45) is 23.2 Å². The molecule has 3 rings (SSSR count). The molecule has 0 radical (unpaired) electrons. The summed E-state index contributed by atoms with van der Waals surface area (Å²) in [6.45, 7) is 16.6. The summed E-state index contributed by atoms with van der Waals surface area (Å²) in [5.41, 5.74) is -1.65. The number of carbonyl (C=O) groups excluding carboxylic acids is 3. The molecule has 3 aliphatic heterocycles. The number of alkyl halides is 1. The van der Waals surface area contributed by atoms with Crippen molar-refractivity contribution < 1.29 is 24.2 Å². The number of aliphatic hydroxyl groups is 1. The van der Waals surface area contributed by atoms with Crippen molar-refractivity contribution >= 4 is 33.7 Å². The molecule has 0 aromatic heterocycles. The lowest BCUT2D eigenvalue weighted by molar-refractivity contribution is -0.147. The van der Waals surface area contributed by atoms with Crippen LogP contribution in [0, 0.1) is 23.2 Å². The number of hydrogen-bond acceptors (Lipinski definition) is 5. The predicted octanol–water partition coefficient (Wildman–Crippen LogP) is 3.00. The number of hydrogen-bond donors (Lipinski definition) is 3. The number of aliphatic hydroxyl groups excluding tert-OH is 1. The van der Waals surface area contributed by atoms with Gasteiger partial charge in [-0.25, -0.2) is 0 Å². The Morgan fingerprint density at radius 1 is 1.22 bits per heavy atom. The number of carbonyl (C=O) groups is 3. The highest BCUT2D eigenvalue weighted by Gasteiger charge is 2.77. The molecule has 2 bridgehead atoms. The number of rotatable bonds is 10. The third-order valence-electron chi connectivity index (χ3n) is 8.11. The molecular formula is C27H46BrN3O5. The molecule has 0 aromatic carbocycles. The van der Waals surface area contributed by atoms with Crippen molar-refractivity contribution in [2.75, 3.05) is 13.2 Å². The second-order valence-electron chi connectivity index (χ2n) is 12.9. The first-order valence-electron chi connectivity index (χ1n) is 13.5. The number of likely N-dealkylation sites (tertiary alicyclic amines) is 1. The Hall–Kier alpha value is -1.19. The molecule has 0 aromatic rings. The van der Waals surface area contributed by atoms with E-state index in [1.807, 2.05) is 34.6 Å². The van der Waals surface area contributed by atoms with Crippen LogP contribution in [0.1, 0.15) is 81.1 Å². The zero-order valence-electron chi connectivity index (χ0n) is 23.2. The van der Waals surface area contributed by atoms with Gasteiger partial charge in [0.05, 0.1) is 30.6 Å². The van der Waals surface area contributed by atoms with Crippen LogP contribution in [0.5, 0.6) is 0 Å². The molecule has 3 unspecified atom stereocenters.